The molecule has 0 saturated heterocycles. The second-order valence-corrected chi connectivity index (χ2v) is 7.93. The molecule has 0 heterocycles. The summed E-state index contributed by atoms with van der Waals surface area (Å²) in [7, 11) is 0. The van der Waals surface area contributed by atoms with Crippen molar-refractivity contribution in [1.29, 1.82) is 0 Å². The lowest BCUT2D eigenvalue weighted by Gasteiger charge is -2.22. The Bertz CT molecular complexity index is 950. The summed E-state index contributed by atoms with van der Waals surface area (Å²) in [5.74, 6) is 0.535. The first-order valence-electron chi connectivity index (χ1n) is 11.4. The summed E-state index contributed by atoms with van der Waals surface area (Å²) in [4.78, 5) is 11.8. The van der Waals surface area contributed by atoms with E-state index in [1.54, 1.807) is 6.92 Å². The van der Waals surface area contributed by atoms with E-state index >= 15 is 0 Å². The molecule has 0 aliphatic rings. The molecule has 176 valence electrons. The molecule has 33 heavy (non-hydrogen) atoms. The van der Waals surface area contributed by atoms with Gasteiger partial charge in [-0.25, -0.2) is 4.79 Å². The van der Waals surface area contributed by atoms with E-state index in [0.29, 0.717) is 12.6 Å². The largest absolute Gasteiger partial charge is 0.482 e. The van der Waals surface area contributed by atoms with Crippen molar-refractivity contribution in [2.75, 3.05) is 19.8 Å². The molecule has 3 aromatic rings. The Hall–Kier alpha value is -2.82. The Morgan fingerprint density at radius 1 is 0.909 bits per heavy atom. The molecule has 3 aromatic carbocycles. The molecule has 0 amide bonds. The molecule has 2 atom stereocenters. The van der Waals surface area contributed by atoms with Crippen molar-refractivity contribution in [2.45, 2.75) is 38.6 Å². The highest BCUT2D eigenvalue weighted by molar-refractivity contribution is 5.85. The molecule has 0 radical (unpaired) electrons. The quantitative estimate of drug-likeness (QED) is 0.342. The van der Waals surface area contributed by atoms with Gasteiger partial charge in [0.15, 0.2) is 6.61 Å². The zero-order valence-electron chi connectivity index (χ0n) is 19.4. The van der Waals surface area contributed by atoms with Gasteiger partial charge in [0.1, 0.15) is 5.75 Å². The number of para-hydroxylation sites is 1. The van der Waals surface area contributed by atoms with Crippen LogP contribution >= 0.6 is 12.4 Å². The van der Waals surface area contributed by atoms with E-state index in [0.717, 1.165) is 30.7 Å². The van der Waals surface area contributed by atoms with Crippen molar-refractivity contribution in [3.05, 3.63) is 102 Å². The lowest BCUT2D eigenvalue weighted by Crippen LogP contribution is -2.30. The average Bonchev–Trinajstić information content (AvgIpc) is 2.82. The number of halogens is 1. The standard InChI is InChI=1S/C28H33NO3.ClH/c1-3-31-28(30)21-32-27-17-11-10-16-26(27)25(24-14-8-5-9-15-24)18-19-29-22(2)20-23-12-6-4-7-13-23;/h4-17,22,25,29H,3,18-21H2,1-2H3;1H. The Kier molecular flexibility index (Phi) is 11.5. The van der Waals surface area contributed by atoms with E-state index in [1.807, 2.05) is 30.3 Å². The number of carbonyl (C=O) groups is 1. The van der Waals surface area contributed by atoms with Crippen molar-refractivity contribution in [2.24, 2.45) is 0 Å². The summed E-state index contributed by atoms with van der Waals surface area (Å²) in [6.07, 6.45) is 1.92. The van der Waals surface area contributed by atoms with Crippen molar-refractivity contribution in [1.82, 2.24) is 5.32 Å². The minimum atomic E-state index is -0.352. The molecule has 4 nitrogen and oxygen atoms in total. The molecule has 0 aliphatic heterocycles. The SMILES string of the molecule is CCOC(=O)COc1ccccc1C(CCNC(C)Cc1ccccc1)c1ccccc1.Cl. The summed E-state index contributed by atoms with van der Waals surface area (Å²) < 4.78 is 10.9. The minimum Gasteiger partial charge on any atom is -0.482 e. The number of carbonyl (C=O) groups excluding carboxylic acids is 1. The molecular weight excluding hydrogens is 434 g/mol. The van der Waals surface area contributed by atoms with Crippen molar-refractivity contribution < 1.29 is 14.3 Å². The minimum absolute atomic E-state index is 0. The van der Waals surface area contributed by atoms with Crippen LogP contribution in [-0.4, -0.2) is 31.8 Å². The summed E-state index contributed by atoms with van der Waals surface area (Å²) in [5.41, 5.74) is 3.66. The number of esters is 1. The van der Waals surface area contributed by atoms with Gasteiger partial charge in [0, 0.05) is 17.5 Å². The fraction of sp³-hybridized carbons (Fsp3) is 0.321. The summed E-state index contributed by atoms with van der Waals surface area (Å²) in [6, 6.07) is 29.4. The van der Waals surface area contributed by atoms with E-state index in [4.69, 9.17) is 9.47 Å². The Balaban J connectivity index is 0.00000385. The normalized spacial score (nSPS) is 12.3. The highest BCUT2D eigenvalue weighted by Gasteiger charge is 2.19. The van der Waals surface area contributed by atoms with Gasteiger partial charge < -0.3 is 14.8 Å². The van der Waals surface area contributed by atoms with E-state index in [2.05, 4.69) is 66.8 Å². The summed E-state index contributed by atoms with van der Waals surface area (Å²) in [5, 5.41) is 3.67. The Morgan fingerprint density at radius 2 is 1.55 bits per heavy atom. The van der Waals surface area contributed by atoms with Gasteiger partial charge in [0.05, 0.1) is 6.61 Å². The molecule has 0 aliphatic carbocycles. The van der Waals surface area contributed by atoms with E-state index in [1.165, 1.54) is 11.1 Å². The maximum Gasteiger partial charge on any atom is 0.344 e. The second kappa shape index (κ2) is 14.4. The van der Waals surface area contributed by atoms with Crippen LogP contribution in [0.3, 0.4) is 0 Å². The van der Waals surface area contributed by atoms with Crippen LogP contribution in [0.15, 0.2) is 84.9 Å². The van der Waals surface area contributed by atoms with Crippen LogP contribution in [0.25, 0.3) is 0 Å². The predicted octanol–water partition coefficient (Wildman–Crippen LogP) is 5.79. The zero-order valence-corrected chi connectivity index (χ0v) is 20.2. The zero-order chi connectivity index (χ0) is 22.6. The third-order valence-electron chi connectivity index (χ3n) is 5.46. The van der Waals surface area contributed by atoms with Crippen LogP contribution in [-0.2, 0) is 16.0 Å². The molecule has 1 N–H and O–H groups in total. The van der Waals surface area contributed by atoms with Crippen LogP contribution in [0.4, 0.5) is 0 Å². The van der Waals surface area contributed by atoms with E-state index in [9.17, 15) is 4.79 Å². The number of ether oxygens (including phenoxy) is 2. The first kappa shape index (κ1) is 26.4. The van der Waals surface area contributed by atoms with Gasteiger partial charge in [-0.15, -0.1) is 12.4 Å². The molecule has 0 fully saturated rings. The van der Waals surface area contributed by atoms with Gasteiger partial charge in [-0.2, -0.15) is 0 Å². The number of benzene rings is 3. The van der Waals surface area contributed by atoms with Crippen LogP contribution < -0.4 is 10.1 Å². The van der Waals surface area contributed by atoms with Crippen molar-refractivity contribution >= 4 is 18.4 Å². The number of nitrogens with one attached hydrogen (secondary N) is 1. The van der Waals surface area contributed by atoms with Crippen LogP contribution in [0.2, 0.25) is 0 Å². The first-order chi connectivity index (χ1) is 15.7. The first-order valence-corrected chi connectivity index (χ1v) is 11.4. The lowest BCUT2D eigenvalue weighted by molar-refractivity contribution is -0.145. The van der Waals surface area contributed by atoms with Crippen LogP contribution in [0.5, 0.6) is 5.75 Å². The molecule has 3 rings (SSSR count). The molecule has 0 saturated carbocycles. The van der Waals surface area contributed by atoms with Crippen LogP contribution in [0.1, 0.15) is 42.9 Å². The third kappa shape index (κ3) is 8.56. The van der Waals surface area contributed by atoms with Gasteiger partial charge in [0.25, 0.3) is 0 Å². The van der Waals surface area contributed by atoms with Gasteiger partial charge in [0.2, 0.25) is 0 Å². The Morgan fingerprint density at radius 3 is 2.24 bits per heavy atom. The summed E-state index contributed by atoms with van der Waals surface area (Å²) in [6.45, 7) is 5.16. The molecule has 5 heteroatoms. The lowest BCUT2D eigenvalue weighted by atomic mass is 9.88. The molecular formula is C28H34ClNO3. The highest BCUT2D eigenvalue weighted by Crippen LogP contribution is 2.34. The van der Waals surface area contributed by atoms with Gasteiger partial charge in [-0.05, 0) is 50.4 Å². The average molecular weight is 468 g/mol. The number of rotatable bonds is 12. The molecule has 0 spiro atoms. The molecule has 0 bridgehead atoms. The highest BCUT2D eigenvalue weighted by atomic mass is 35.5. The topological polar surface area (TPSA) is 47.6 Å². The molecule has 2 unspecified atom stereocenters. The van der Waals surface area contributed by atoms with Gasteiger partial charge in [-0.3, -0.25) is 0 Å². The number of hydrogen-bond acceptors (Lipinski definition) is 4. The van der Waals surface area contributed by atoms with Gasteiger partial charge >= 0.3 is 5.97 Å². The summed E-state index contributed by atoms with van der Waals surface area (Å²) >= 11 is 0. The fourth-order valence-electron chi connectivity index (χ4n) is 3.94. The van der Waals surface area contributed by atoms with E-state index in [-0.39, 0.29) is 30.9 Å². The fourth-order valence-corrected chi connectivity index (χ4v) is 3.94. The van der Waals surface area contributed by atoms with E-state index < -0.39 is 0 Å². The second-order valence-electron chi connectivity index (χ2n) is 7.93. The van der Waals surface area contributed by atoms with Crippen molar-refractivity contribution in [3.63, 3.8) is 0 Å². The predicted molar refractivity (Wildman–Crippen MR) is 136 cm³/mol. The number of hydrogen-bond donors (Lipinski definition) is 1. The van der Waals surface area contributed by atoms with Gasteiger partial charge in [-0.1, -0.05) is 78.9 Å². The van der Waals surface area contributed by atoms with Crippen molar-refractivity contribution in [3.8, 4) is 5.75 Å². The smallest absolute Gasteiger partial charge is 0.344 e. The maximum atomic E-state index is 11.8. The monoisotopic (exact) mass is 467 g/mol. The Labute approximate surface area is 203 Å². The third-order valence-corrected chi connectivity index (χ3v) is 5.46. The van der Waals surface area contributed by atoms with Crippen LogP contribution in [0, 0.1) is 0 Å². The molecule has 0 aromatic heterocycles. The maximum absolute atomic E-state index is 11.8.